The van der Waals surface area contributed by atoms with Gasteiger partial charge in [0.1, 0.15) is 11.5 Å². The molecule has 2 N–H and O–H groups in total. The fourth-order valence-electron chi connectivity index (χ4n) is 3.82. The maximum atomic E-state index is 10.3. The third-order valence-electron chi connectivity index (χ3n) is 5.42. The fourth-order valence-corrected chi connectivity index (χ4v) is 3.82. The lowest BCUT2D eigenvalue weighted by Crippen LogP contribution is -2.00. The predicted molar refractivity (Wildman–Crippen MR) is 97.2 cm³/mol. The summed E-state index contributed by atoms with van der Waals surface area (Å²) in [5.74, 6) is 2.53. The third-order valence-corrected chi connectivity index (χ3v) is 5.42. The summed E-state index contributed by atoms with van der Waals surface area (Å²) in [4.78, 5) is 0. The van der Waals surface area contributed by atoms with Crippen LogP contribution in [-0.4, -0.2) is 10.2 Å². The number of rotatable bonds is 8. The zero-order chi connectivity index (χ0) is 16.8. The summed E-state index contributed by atoms with van der Waals surface area (Å²) in [7, 11) is 0. The number of hydrogen-bond donors (Lipinski definition) is 2. The molecule has 0 aliphatic heterocycles. The minimum absolute atomic E-state index is 0.293. The lowest BCUT2D eigenvalue weighted by Gasteiger charge is -2.16. The Labute approximate surface area is 141 Å². The first-order valence-corrected chi connectivity index (χ1v) is 9.52. The molecular weight excluding hydrogens is 284 g/mol. The van der Waals surface area contributed by atoms with Gasteiger partial charge in [-0.15, -0.1) is 0 Å². The van der Waals surface area contributed by atoms with Crippen LogP contribution in [0.1, 0.15) is 89.2 Å². The van der Waals surface area contributed by atoms with E-state index in [9.17, 15) is 10.2 Å². The Hall–Kier alpha value is -1.18. The van der Waals surface area contributed by atoms with Crippen LogP contribution in [-0.2, 0) is 6.42 Å². The normalized spacial score (nSPS) is 17.0. The summed E-state index contributed by atoms with van der Waals surface area (Å²) >= 11 is 0. The number of aromatic hydroxyl groups is 2. The Morgan fingerprint density at radius 2 is 1.57 bits per heavy atom. The molecule has 1 unspecified atom stereocenters. The van der Waals surface area contributed by atoms with E-state index in [1.54, 1.807) is 0 Å². The number of hydrogen-bond acceptors (Lipinski definition) is 2. The van der Waals surface area contributed by atoms with Gasteiger partial charge in [-0.1, -0.05) is 52.9 Å². The van der Waals surface area contributed by atoms with E-state index in [1.807, 2.05) is 12.1 Å². The van der Waals surface area contributed by atoms with Crippen molar-refractivity contribution in [2.75, 3.05) is 0 Å². The van der Waals surface area contributed by atoms with E-state index in [0.29, 0.717) is 23.3 Å². The van der Waals surface area contributed by atoms with E-state index in [2.05, 4.69) is 20.8 Å². The topological polar surface area (TPSA) is 40.5 Å². The molecule has 2 nitrogen and oxygen atoms in total. The zero-order valence-electron chi connectivity index (χ0n) is 15.1. The van der Waals surface area contributed by atoms with Gasteiger partial charge < -0.3 is 10.2 Å². The van der Waals surface area contributed by atoms with E-state index in [0.717, 1.165) is 29.9 Å². The Morgan fingerprint density at radius 1 is 0.957 bits per heavy atom. The number of phenols is 2. The maximum absolute atomic E-state index is 10.3. The van der Waals surface area contributed by atoms with E-state index >= 15 is 0 Å². The molecule has 1 aromatic rings. The van der Waals surface area contributed by atoms with Crippen molar-refractivity contribution in [2.45, 2.75) is 84.5 Å². The smallest absolute Gasteiger partial charge is 0.122 e. The van der Waals surface area contributed by atoms with Gasteiger partial charge in [-0.25, -0.2) is 0 Å². The average molecular weight is 319 g/mol. The molecule has 1 atom stereocenters. The molecule has 0 bridgehead atoms. The van der Waals surface area contributed by atoms with Crippen LogP contribution in [0.4, 0.5) is 0 Å². The van der Waals surface area contributed by atoms with Gasteiger partial charge >= 0.3 is 0 Å². The van der Waals surface area contributed by atoms with Crippen LogP contribution in [0, 0.1) is 11.8 Å². The van der Waals surface area contributed by atoms with Crippen molar-refractivity contribution >= 4 is 0 Å². The molecular formula is C21H34O2. The van der Waals surface area contributed by atoms with Gasteiger partial charge in [0.2, 0.25) is 0 Å². The van der Waals surface area contributed by atoms with Crippen molar-refractivity contribution in [3.05, 3.63) is 23.3 Å². The molecule has 0 heterocycles. The molecule has 0 saturated heterocycles. The van der Waals surface area contributed by atoms with E-state index in [-0.39, 0.29) is 0 Å². The summed E-state index contributed by atoms with van der Waals surface area (Å²) < 4.78 is 0. The van der Waals surface area contributed by atoms with Gasteiger partial charge in [-0.05, 0) is 61.1 Å². The molecule has 0 radical (unpaired) electrons. The van der Waals surface area contributed by atoms with Gasteiger partial charge in [0, 0.05) is 5.56 Å². The van der Waals surface area contributed by atoms with Crippen molar-refractivity contribution in [3.63, 3.8) is 0 Å². The minimum Gasteiger partial charge on any atom is -0.508 e. The molecule has 1 aromatic carbocycles. The van der Waals surface area contributed by atoms with Gasteiger partial charge in [-0.3, -0.25) is 0 Å². The second kappa shape index (κ2) is 8.61. The van der Waals surface area contributed by atoms with Crippen LogP contribution in [0.3, 0.4) is 0 Å². The van der Waals surface area contributed by atoms with Gasteiger partial charge in [0.15, 0.2) is 0 Å². The highest BCUT2D eigenvalue weighted by atomic mass is 16.3. The Kier molecular flexibility index (Phi) is 6.80. The van der Waals surface area contributed by atoms with Gasteiger partial charge in [0.25, 0.3) is 0 Å². The number of benzene rings is 1. The molecule has 1 aliphatic carbocycles. The van der Waals surface area contributed by atoms with E-state index < -0.39 is 0 Å². The molecule has 1 aliphatic rings. The number of phenolic OH excluding ortho intramolecular Hbond substituents is 2. The Bertz CT molecular complexity index is 464. The molecule has 0 aromatic heterocycles. The summed E-state index contributed by atoms with van der Waals surface area (Å²) in [6, 6.07) is 3.79. The maximum Gasteiger partial charge on any atom is 0.122 e. The van der Waals surface area contributed by atoms with Crippen molar-refractivity contribution in [3.8, 4) is 11.5 Å². The summed E-state index contributed by atoms with van der Waals surface area (Å²) in [5, 5.41) is 20.7. The minimum atomic E-state index is 0.293. The van der Waals surface area contributed by atoms with Crippen LogP contribution in [0.2, 0.25) is 0 Å². The van der Waals surface area contributed by atoms with Crippen molar-refractivity contribution < 1.29 is 10.2 Å². The third kappa shape index (κ3) is 5.44. The summed E-state index contributed by atoms with van der Waals surface area (Å²) in [6.07, 6.45) is 10.5. The molecule has 2 heteroatoms. The Balaban J connectivity index is 1.89. The van der Waals surface area contributed by atoms with Crippen LogP contribution >= 0.6 is 0 Å². The van der Waals surface area contributed by atoms with Crippen LogP contribution in [0.15, 0.2) is 12.1 Å². The fraction of sp³-hybridized carbons (Fsp3) is 0.714. The quantitative estimate of drug-likeness (QED) is 0.603. The van der Waals surface area contributed by atoms with Gasteiger partial charge in [0.05, 0.1) is 0 Å². The standard InChI is InChI=1S/C21H34O2/c1-15(2)7-6-8-16(3)11-12-19-20(22)13-18(14-21(19)23)17-9-4-5-10-17/h13-17,22-23H,4-12H2,1-3H3. The molecule has 0 spiro atoms. The lowest BCUT2D eigenvalue weighted by molar-refractivity contribution is 0.413. The highest BCUT2D eigenvalue weighted by molar-refractivity contribution is 5.47. The largest absolute Gasteiger partial charge is 0.508 e. The molecule has 23 heavy (non-hydrogen) atoms. The van der Waals surface area contributed by atoms with Crippen molar-refractivity contribution in [2.24, 2.45) is 11.8 Å². The lowest BCUT2D eigenvalue weighted by atomic mass is 9.91. The first-order valence-electron chi connectivity index (χ1n) is 9.52. The molecule has 0 amide bonds. The van der Waals surface area contributed by atoms with Crippen LogP contribution < -0.4 is 0 Å². The van der Waals surface area contributed by atoms with Crippen LogP contribution in [0.5, 0.6) is 11.5 Å². The molecule has 1 saturated carbocycles. The summed E-state index contributed by atoms with van der Waals surface area (Å²) in [6.45, 7) is 6.82. The monoisotopic (exact) mass is 318 g/mol. The molecule has 2 rings (SSSR count). The summed E-state index contributed by atoms with van der Waals surface area (Å²) in [5.41, 5.74) is 1.86. The molecule has 1 fully saturated rings. The SMILES string of the molecule is CC(C)CCCC(C)CCc1c(O)cc(C2CCCC2)cc1O. The van der Waals surface area contributed by atoms with E-state index in [1.165, 1.54) is 44.9 Å². The predicted octanol–water partition coefficient (Wildman–Crippen LogP) is 6.15. The second-order valence-electron chi connectivity index (χ2n) is 7.99. The first kappa shape index (κ1) is 18.2. The Morgan fingerprint density at radius 3 is 2.13 bits per heavy atom. The molecule has 130 valence electrons. The first-order chi connectivity index (χ1) is 11.0. The van der Waals surface area contributed by atoms with Crippen molar-refractivity contribution in [1.29, 1.82) is 0 Å². The van der Waals surface area contributed by atoms with Gasteiger partial charge in [-0.2, -0.15) is 0 Å². The van der Waals surface area contributed by atoms with E-state index in [4.69, 9.17) is 0 Å². The van der Waals surface area contributed by atoms with Crippen LogP contribution in [0.25, 0.3) is 0 Å². The zero-order valence-corrected chi connectivity index (χ0v) is 15.1. The highest BCUT2D eigenvalue weighted by Crippen LogP contribution is 2.39. The highest BCUT2D eigenvalue weighted by Gasteiger charge is 2.20. The average Bonchev–Trinajstić information content (AvgIpc) is 3.00. The van der Waals surface area contributed by atoms with Crippen molar-refractivity contribution in [1.82, 2.24) is 0 Å². The second-order valence-corrected chi connectivity index (χ2v) is 7.99.